The number of phenolic OH excluding ortho intramolecular Hbond substituents is 3. The van der Waals surface area contributed by atoms with Gasteiger partial charge < -0.3 is 15.3 Å². The molecule has 13 heteroatoms. The number of nitrogens with one attached hydrogen (secondary N) is 2. The Labute approximate surface area is 350 Å². The number of carbonyl (C=O) groups excluding carboxylic acids is 2. The molecule has 0 aromatic heterocycles. The average Bonchev–Trinajstić information content (AvgIpc) is 3.88. The Morgan fingerprint density at radius 2 is 1.07 bits per heavy atom. The van der Waals surface area contributed by atoms with Crippen molar-refractivity contribution < 1.29 is 34.7 Å². The van der Waals surface area contributed by atoms with Gasteiger partial charge in [-0.15, -0.1) is 0 Å². The first kappa shape index (κ1) is 40.8. The number of carbonyl (C=O) groups is 2. The standard InChI is InChI=1S/C47H54N6O7/c1-30-24-36(55)16-10-33(30)25-41-40(29-43(48-41)46(57)50-52-20-4-2-5-21-52)32-12-18-38(19-13-32)59-60-45-27-37(56)17-11-34(45)26-42-39(31-8-14-35(54)15-9-31)28-44(49-42)47(58)51-53-22-6-3-7-23-53/h8-19,24,27,39-42,54-56H,2-7,20-23,25-26,28-29H2,1H3,(H,50,57)(H,51,58). The Morgan fingerprint density at radius 3 is 1.60 bits per heavy atom. The zero-order valence-electron chi connectivity index (χ0n) is 34.1. The van der Waals surface area contributed by atoms with Gasteiger partial charge in [-0.1, -0.05) is 49.2 Å². The van der Waals surface area contributed by atoms with Crippen molar-refractivity contribution >= 4 is 23.2 Å². The van der Waals surface area contributed by atoms with Crippen molar-refractivity contribution in [2.45, 2.75) is 95.1 Å². The van der Waals surface area contributed by atoms with Crippen molar-refractivity contribution in [3.8, 4) is 28.7 Å². The zero-order valence-corrected chi connectivity index (χ0v) is 34.1. The third-order valence-electron chi connectivity index (χ3n) is 12.2. The van der Waals surface area contributed by atoms with E-state index in [1.54, 1.807) is 36.4 Å². The molecular weight excluding hydrogens is 761 g/mol. The van der Waals surface area contributed by atoms with Gasteiger partial charge in [0.25, 0.3) is 11.8 Å². The summed E-state index contributed by atoms with van der Waals surface area (Å²) in [5.41, 5.74) is 11.9. The Balaban J connectivity index is 0.968. The first-order chi connectivity index (χ1) is 29.1. The van der Waals surface area contributed by atoms with Crippen molar-refractivity contribution in [1.82, 2.24) is 20.9 Å². The molecular formula is C47H54N6O7. The fourth-order valence-corrected chi connectivity index (χ4v) is 8.89. The normalized spacial score (nSPS) is 22.1. The molecule has 0 bridgehead atoms. The van der Waals surface area contributed by atoms with E-state index in [9.17, 15) is 24.9 Å². The van der Waals surface area contributed by atoms with E-state index in [0.29, 0.717) is 48.6 Å². The van der Waals surface area contributed by atoms with Crippen LogP contribution in [0.1, 0.15) is 91.0 Å². The third-order valence-corrected chi connectivity index (χ3v) is 12.2. The maximum absolute atomic E-state index is 13.4. The van der Waals surface area contributed by atoms with Gasteiger partial charge in [-0.05, 0) is 110 Å². The second kappa shape index (κ2) is 18.6. The van der Waals surface area contributed by atoms with Gasteiger partial charge >= 0.3 is 0 Å². The van der Waals surface area contributed by atoms with Gasteiger partial charge in [0.1, 0.15) is 28.7 Å². The van der Waals surface area contributed by atoms with Crippen molar-refractivity contribution in [2.24, 2.45) is 9.98 Å². The quantitative estimate of drug-likeness (QED) is 0.0738. The highest BCUT2D eigenvalue weighted by molar-refractivity contribution is 6.40. The molecule has 2 fully saturated rings. The molecule has 2 saturated heterocycles. The summed E-state index contributed by atoms with van der Waals surface area (Å²) in [7, 11) is 0. The third kappa shape index (κ3) is 9.91. The smallest absolute Gasteiger partial charge is 0.279 e. The van der Waals surface area contributed by atoms with Crippen molar-refractivity contribution in [1.29, 1.82) is 0 Å². The summed E-state index contributed by atoms with van der Waals surface area (Å²) in [5, 5.41) is 34.5. The van der Waals surface area contributed by atoms with Crippen LogP contribution in [0, 0.1) is 6.92 Å². The summed E-state index contributed by atoms with van der Waals surface area (Å²) >= 11 is 0. The predicted octanol–water partition coefficient (Wildman–Crippen LogP) is 6.60. The summed E-state index contributed by atoms with van der Waals surface area (Å²) in [6.45, 7) is 5.27. The van der Waals surface area contributed by atoms with Crippen LogP contribution in [0.2, 0.25) is 0 Å². The molecule has 0 saturated carbocycles. The number of aryl methyl sites for hydroxylation is 1. The van der Waals surface area contributed by atoms with E-state index >= 15 is 0 Å². The Morgan fingerprint density at radius 1 is 0.600 bits per heavy atom. The molecule has 4 aromatic carbocycles. The van der Waals surface area contributed by atoms with Crippen LogP contribution in [0.15, 0.2) is 94.9 Å². The topological polar surface area (TPSA) is 169 Å². The molecule has 5 N–H and O–H groups in total. The van der Waals surface area contributed by atoms with Gasteiger partial charge in [-0.2, -0.15) is 0 Å². The molecule has 0 aliphatic carbocycles. The number of piperidine rings is 2. The number of amides is 2. The van der Waals surface area contributed by atoms with E-state index in [4.69, 9.17) is 19.8 Å². The number of aromatic hydroxyl groups is 3. The van der Waals surface area contributed by atoms with Crippen molar-refractivity contribution in [3.63, 3.8) is 0 Å². The van der Waals surface area contributed by atoms with Crippen LogP contribution in [0.3, 0.4) is 0 Å². The Bertz CT molecular complexity index is 2210. The summed E-state index contributed by atoms with van der Waals surface area (Å²) < 4.78 is 0. The first-order valence-electron chi connectivity index (χ1n) is 21.2. The highest BCUT2D eigenvalue weighted by atomic mass is 17.2. The number of hydrazine groups is 2. The van der Waals surface area contributed by atoms with Crippen LogP contribution < -0.4 is 20.6 Å². The SMILES string of the molecule is Cc1cc(O)ccc1CC1N=C(C(=O)NN2CCCCC2)CC1c1ccc(OOc2cc(O)ccc2CC2N=C(C(=O)NN3CCCCC3)CC2c2ccc(O)cc2)cc1. The van der Waals surface area contributed by atoms with E-state index in [-0.39, 0.29) is 53.0 Å². The van der Waals surface area contributed by atoms with Gasteiger partial charge in [0.05, 0.1) is 12.1 Å². The summed E-state index contributed by atoms with van der Waals surface area (Å²) in [4.78, 5) is 48.6. The number of nitrogens with zero attached hydrogens (tertiary/aromatic N) is 4. The van der Waals surface area contributed by atoms with Crippen LogP contribution in [-0.2, 0) is 22.4 Å². The number of hydrogen-bond acceptors (Lipinski definition) is 11. The van der Waals surface area contributed by atoms with Crippen LogP contribution in [-0.4, -0.2) is 86.8 Å². The van der Waals surface area contributed by atoms with E-state index in [2.05, 4.69) is 10.9 Å². The minimum Gasteiger partial charge on any atom is -0.508 e. The zero-order chi connectivity index (χ0) is 41.6. The van der Waals surface area contributed by atoms with Crippen LogP contribution in [0.4, 0.5) is 0 Å². The molecule has 13 nitrogen and oxygen atoms in total. The fraction of sp³-hybridized carbons (Fsp3) is 0.404. The summed E-state index contributed by atoms with van der Waals surface area (Å²) in [5.74, 6) is 0.618. The second-order valence-corrected chi connectivity index (χ2v) is 16.5. The molecule has 314 valence electrons. The molecule has 0 spiro atoms. The molecule has 0 radical (unpaired) electrons. The van der Waals surface area contributed by atoms with Crippen LogP contribution in [0.5, 0.6) is 28.7 Å². The number of aliphatic imine (C=N–C) groups is 2. The maximum atomic E-state index is 13.4. The monoisotopic (exact) mass is 814 g/mol. The van der Waals surface area contributed by atoms with E-state index in [1.165, 1.54) is 12.5 Å². The lowest BCUT2D eigenvalue weighted by molar-refractivity contribution is -0.120. The molecule has 4 aliphatic heterocycles. The average molecular weight is 815 g/mol. The lowest BCUT2D eigenvalue weighted by Crippen LogP contribution is -2.47. The highest BCUT2D eigenvalue weighted by Gasteiger charge is 2.36. The number of hydrogen-bond donors (Lipinski definition) is 5. The lowest BCUT2D eigenvalue weighted by Gasteiger charge is -2.26. The van der Waals surface area contributed by atoms with E-state index in [0.717, 1.165) is 86.1 Å². The highest BCUT2D eigenvalue weighted by Crippen LogP contribution is 2.38. The molecule has 4 atom stereocenters. The molecule has 60 heavy (non-hydrogen) atoms. The molecule has 4 unspecified atom stereocenters. The van der Waals surface area contributed by atoms with Gasteiger partial charge in [0, 0.05) is 62.5 Å². The minimum absolute atomic E-state index is 0.00979. The summed E-state index contributed by atoms with van der Waals surface area (Å²) in [6.07, 6.45) is 8.47. The van der Waals surface area contributed by atoms with Gasteiger partial charge in [0.2, 0.25) is 0 Å². The Hall–Kier alpha value is -5.92. The van der Waals surface area contributed by atoms with Crippen LogP contribution in [0.25, 0.3) is 0 Å². The molecule has 4 aromatic rings. The second-order valence-electron chi connectivity index (χ2n) is 16.5. The van der Waals surface area contributed by atoms with Crippen molar-refractivity contribution in [3.05, 3.63) is 113 Å². The molecule has 4 aliphatic rings. The predicted molar refractivity (Wildman–Crippen MR) is 228 cm³/mol. The minimum atomic E-state index is -0.318. The van der Waals surface area contributed by atoms with E-state index < -0.39 is 0 Å². The summed E-state index contributed by atoms with van der Waals surface area (Å²) in [6, 6.07) is 24.3. The largest absolute Gasteiger partial charge is 0.508 e. The first-order valence-corrected chi connectivity index (χ1v) is 21.2. The van der Waals surface area contributed by atoms with Crippen LogP contribution >= 0.6 is 0 Å². The van der Waals surface area contributed by atoms with E-state index in [1.807, 2.05) is 59.4 Å². The van der Waals surface area contributed by atoms with Crippen molar-refractivity contribution in [2.75, 3.05) is 26.2 Å². The fourth-order valence-electron chi connectivity index (χ4n) is 8.89. The molecule has 8 rings (SSSR count). The molecule has 2 amide bonds. The number of benzene rings is 4. The maximum Gasteiger partial charge on any atom is 0.279 e. The van der Waals surface area contributed by atoms with Gasteiger partial charge in [-0.3, -0.25) is 40.2 Å². The number of rotatable bonds is 13. The molecule has 4 heterocycles. The van der Waals surface area contributed by atoms with Gasteiger partial charge in [-0.25, -0.2) is 10.0 Å². The number of phenols is 3. The lowest BCUT2D eigenvalue weighted by atomic mass is 9.86. The Kier molecular flexibility index (Phi) is 12.6. The van der Waals surface area contributed by atoms with Gasteiger partial charge in [0.15, 0.2) is 11.5 Å².